The van der Waals surface area contributed by atoms with Crippen LogP contribution in [-0.2, 0) is 0 Å². The molecule has 0 atom stereocenters. The van der Waals surface area contributed by atoms with Gasteiger partial charge in [0.2, 0.25) is 5.69 Å². The Kier molecular flexibility index (Phi) is 5.47. The van der Waals surface area contributed by atoms with Crippen molar-refractivity contribution in [3.8, 4) is 39.9 Å². The van der Waals surface area contributed by atoms with Crippen molar-refractivity contribution >= 4 is 5.69 Å². The highest BCUT2D eigenvalue weighted by molar-refractivity contribution is 5.89. The van der Waals surface area contributed by atoms with Crippen molar-refractivity contribution in [3.05, 3.63) is 24.3 Å². The van der Waals surface area contributed by atoms with Crippen LogP contribution in [0.5, 0.6) is 28.7 Å². The average Bonchev–Trinajstić information content (AvgIpc) is 2.65. The molecule has 0 saturated heterocycles. The number of ether oxygens (including phenoxy) is 5. The predicted octanol–water partition coefficient (Wildman–Crippen LogP) is 2.24. The molecule has 2 rings (SSSR count). The summed E-state index contributed by atoms with van der Waals surface area (Å²) in [5.74, 6) is 2.37. The van der Waals surface area contributed by atoms with E-state index in [0.29, 0.717) is 34.2 Å². The zero-order valence-electron chi connectivity index (χ0n) is 14.4. The second kappa shape index (κ2) is 7.54. The van der Waals surface area contributed by atoms with Crippen LogP contribution < -0.4 is 29.2 Å². The quantitative estimate of drug-likeness (QED) is 0.786. The molecule has 0 bridgehead atoms. The van der Waals surface area contributed by atoms with Crippen molar-refractivity contribution in [1.82, 2.24) is 0 Å². The van der Waals surface area contributed by atoms with Gasteiger partial charge in [-0.05, 0) is 22.8 Å². The van der Waals surface area contributed by atoms with Gasteiger partial charge < -0.3 is 23.7 Å². The Morgan fingerprint density at radius 2 is 1.12 bits per heavy atom. The molecule has 128 valence electrons. The molecule has 24 heavy (non-hydrogen) atoms. The van der Waals surface area contributed by atoms with Gasteiger partial charge in [-0.15, -0.1) is 0 Å². The molecule has 7 heteroatoms. The monoisotopic (exact) mass is 333 g/mol. The Labute approximate surface area is 140 Å². The van der Waals surface area contributed by atoms with Crippen molar-refractivity contribution < 1.29 is 29.2 Å². The molecular formula is C17H21N2O5+. The molecule has 0 aliphatic rings. The second-order valence-electron chi connectivity index (χ2n) is 4.71. The van der Waals surface area contributed by atoms with Crippen molar-refractivity contribution in [2.45, 2.75) is 0 Å². The maximum atomic E-state index is 5.56. The van der Waals surface area contributed by atoms with Crippen LogP contribution in [-0.4, -0.2) is 35.5 Å². The minimum atomic E-state index is 0.311. The number of rotatable bonds is 7. The van der Waals surface area contributed by atoms with Gasteiger partial charge in [0.25, 0.3) is 0 Å². The predicted molar refractivity (Wildman–Crippen MR) is 88.7 cm³/mol. The van der Waals surface area contributed by atoms with E-state index in [1.165, 1.54) is 28.4 Å². The molecule has 0 aromatic heterocycles. The van der Waals surface area contributed by atoms with Gasteiger partial charge in [0, 0.05) is 0 Å². The lowest BCUT2D eigenvalue weighted by atomic mass is 10.0. The van der Waals surface area contributed by atoms with Crippen molar-refractivity contribution in [3.63, 3.8) is 0 Å². The molecule has 0 fully saturated rings. The van der Waals surface area contributed by atoms with Crippen LogP contribution >= 0.6 is 0 Å². The van der Waals surface area contributed by atoms with Gasteiger partial charge in [-0.1, -0.05) is 12.1 Å². The first-order valence-electron chi connectivity index (χ1n) is 7.12. The van der Waals surface area contributed by atoms with E-state index in [1.807, 2.05) is 24.3 Å². The normalized spacial score (nSPS) is 10.0. The molecule has 0 spiro atoms. The van der Waals surface area contributed by atoms with Crippen LogP contribution in [0.3, 0.4) is 0 Å². The Balaban J connectivity index is 2.87. The molecule has 2 aromatic carbocycles. The fourth-order valence-corrected chi connectivity index (χ4v) is 2.55. The summed E-state index contributed by atoms with van der Waals surface area (Å²) in [5.41, 5.74) is 7.33. The lowest BCUT2D eigenvalue weighted by molar-refractivity contribution is -0.210. The summed E-state index contributed by atoms with van der Waals surface area (Å²) in [6.45, 7) is 0. The van der Waals surface area contributed by atoms with Gasteiger partial charge in [-0.25, -0.2) is 0 Å². The molecule has 2 aromatic rings. The molecule has 0 saturated carbocycles. The minimum Gasteiger partial charge on any atom is -0.497 e. The van der Waals surface area contributed by atoms with Gasteiger partial charge in [0.05, 0.1) is 41.1 Å². The zero-order chi connectivity index (χ0) is 17.7. The Bertz CT molecular complexity index is 696. The van der Waals surface area contributed by atoms with Crippen LogP contribution in [0.4, 0.5) is 5.69 Å². The summed E-state index contributed by atoms with van der Waals surface area (Å²) in [6, 6.07) is 7.46. The standard InChI is InChI=1S/C17H20N2O5/c1-20-11-8-6-10(7-9-11)12-14(21-2)16(23-4)13(19-18)17(24-5)15(12)22-3/h6-9,18H,1-5H3/p+1. The third kappa shape index (κ3) is 2.80. The molecule has 0 aliphatic heterocycles. The smallest absolute Gasteiger partial charge is 0.221 e. The van der Waals surface area contributed by atoms with Crippen molar-refractivity contribution in [2.75, 3.05) is 35.5 Å². The molecule has 7 nitrogen and oxygen atoms in total. The van der Waals surface area contributed by atoms with E-state index in [9.17, 15) is 0 Å². The van der Waals surface area contributed by atoms with E-state index >= 15 is 0 Å². The van der Waals surface area contributed by atoms with E-state index in [0.717, 1.165) is 11.3 Å². The first-order chi connectivity index (χ1) is 11.7. The summed E-state index contributed by atoms with van der Waals surface area (Å²) in [6.07, 6.45) is 0. The molecule has 0 amide bonds. The summed E-state index contributed by atoms with van der Waals surface area (Å²) in [4.78, 5) is 0. The summed E-state index contributed by atoms with van der Waals surface area (Å²) < 4.78 is 27.2. The van der Waals surface area contributed by atoms with Gasteiger partial charge >= 0.3 is 0 Å². The van der Waals surface area contributed by atoms with Crippen LogP contribution in [0.15, 0.2) is 29.4 Å². The molecular weight excluding hydrogens is 312 g/mol. The number of hydrogen-bond acceptors (Lipinski definition) is 6. The molecule has 0 unspecified atom stereocenters. The molecule has 0 aliphatic carbocycles. The van der Waals surface area contributed by atoms with Gasteiger partial charge in [0.15, 0.2) is 23.0 Å². The third-order valence-corrected chi connectivity index (χ3v) is 3.62. The number of nitrogens with zero attached hydrogens (tertiary/aromatic N) is 1. The highest BCUT2D eigenvalue weighted by Crippen LogP contribution is 2.56. The molecule has 0 heterocycles. The third-order valence-electron chi connectivity index (χ3n) is 3.62. The maximum absolute atomic E-state index is 5.56. The fraction of sp³-hybridized carbons (Fsp3) is 0.294. The Morgan fingerprint density at radius 3 is 1.46 bits per heavy atom. The maximum Gasteiger partial charge on any atom is 0.221 e. The van der Waals surface area contributed by atoms with Crippen LogP contribution in [0.1, 0.15) is 0 Å². The van der Waals surface area contributed by atoms with Crippen LogP contribution in [0.25, 0.3) is 11.1 Å². The Hall–Kier alpha value is -2.96. The minimum absolute atomic E-state index is 0.311. The average molecular weight is 333 g/mol. The highest BCUT2D eigenvalue weighted by Gasteiger charge is 2.29. The molecule has 0 radical (unpaired) electrons. The van der Waals surface area contributed by atoms with Gasteiger partial charge in [0.1, 0.15) is 5.75 Å². The number of hydrogen-bond donors (Lipinski definition) is 1. The second-order valence-corrected chi connectivity index (χ2v) is 4.71. The summed E-state index contributed by atoms with van der Waals surface area (Å²) in [7, 11) is 7.71. The highest BCUT2D eigenvalue weighted by atomic mass is 16.5. The van der Waals surface area contributed by atoms with Gasteiger partial charge in [-0.2, -0.15) is 5.53 Å². The van der Waals surface area contributed by atoms with E-state index in [2.05, 4.69) is 5.11 Å². The van der Waals surface area contributed by atoms with Gasteiger partial charge in [-0.3, -0.25) is 0 Å². The topological polar surface area (TPSA) is 84.1 Å². The lowest BCUT2D eigenvalue weighted by Crippen LogP contribution is -2.22. The van der Waals surface area contributed by atoms with E-state index < -0.39 is 0 Å². The fourth-order valence-electron chi connectivity index (χ4n) is 2.55. The SMILES string of the molecule is COc1ccc(-c2c(OC)c(OC)c(N=[NH2+])c(OC)c2OC)cc1. The summed E-state index contributed by atoms with van der Waals surface area (Å²) in [5, 5.41) is 3.76. The van der Waals surface area contributed by atoms with E-state index in [4.69, 9.17) is 29.2 Å². The number of nitrogens with two attached hydrogens (primary N) is 1. The largest absolute Gasteiger partial charge is 0.497 e. The zero-order valence-corrected chi connectivity index (χ0v) is 14.4. The Morgan fingerprint density at radius 1 is 0.667 bits per heavy atom. The first kappa shape index (κ1) is 17.4. The summed E-state index contributed by atoms with van der Waals surface area (Å²) >= 11 is 0. The first-order valence-corrected chi connectivity index (χ1v) is 7.12. The van der Waals surface area contributed by atoms with Crippen molar-refractivity contribution in [2.24, 2.45) is 5.11 Å². The van der Waals surface area contributed by atoms with Crippen LogP contribution in [0, 0.1) is 0 Å². The molecule has 2 N–H and O–H groups in total. The number of methoxy groups -OCH3 is 5. The lowest BCUT2D eigenvalue weighted by Gasteiger charge is -2.20. The van der Waals surface area contributed by atoms with Crippen molar-refractivity contribution in [1.29, 1.82) is 0 Å². The van der Waals surface area contributed by atoms with E-state index in [1.54, 1.807) is 7.11 Å². The van der Waals surface area contributed by atoms with Crippen LogP contribution in [0.2, 0.25) is 0 Å². The number of benzene rings is 2. The van der Waals surface area contributed by atoms with E-state index in [-0.39, 0.29) is 0 Å².